The molecule has 1 N–H and O–H groups in total. The van der Waals surface area contributed by atoms with Crippen LogP contribution in [0.15, 0.2) is 30.3 Å². The lowest BCUT2D eigenvalue weighted by Gasteiger charge is -2.40. The number of benzene rings is 1. The minimum absolute atomic E-state index is 0.158. The minimum Gasteiger partial charge on any atom is -0.458 e. The van der Waals surface area contributed by atoms with Gasteiger partial charge >= 0.3 is 11.9 Å². The maximum atomic E-state index is 12.7. The summed E-state index contributed by atoms with van der Waals surface area (Å²) in [6.45, 7) is 5.24. The molecule has 1 aliphatic rings. The van der Waals surface area contributed by atoms with Gasteiger partial charge in [-0.3, -0.25) is 9.59 Å². The Bertz CT molecular complexity index is 713. The number of carbonyl (C=O) groups excluding carboxylic acids is 3. The molecule has 1 saturated heterocycles. The van der Waals surface area contributed by atoms with Crippen LogP contribution in [0.3, 0.4) is 0 Å². The van der Waals surface area contributed by atoms with E-state index in [1.165, 1.54) is 20.3 Å². The topological polar surface area (TPSA) is 90.9 Å². The molecule has 7 nitrogen and oxygen atoms in total. The Hall–Kier alpha value is -2.06. The number of nitrogens with one attached hydrogen (secondary N) is 1. The Morgan fingerprint density at radius 2 is 1.84 bits per heavy atom. The van der Waals surface area contributed by atoms with Gasteiger partial charge in [0.1, 0.15) is 11.5 Å². The molecule has 0 bridgehead atoms. The van der Waals surface area contributed by atoms with Crippen molar-refractivity contribution in [3.05, 3.63) is 35.9 Å². The first-order chi connectivity index (χ1) is 14.9. The van der Waals surface area contributed by atoms with Crippen molar-refractivity contribution in [2.75, 3.05) is 12.3 Å². The highest BCUT2D eigenvalue weighted by Gasteiger charge is 2.43. The van der Waals surface area contributed by atoms with E-state index in [1.54, 1.807) is 36.0 Å². The average Bonchev–Trinajstić information content (AvgIpc) is 2.74. The van der Waals surface area contributed by atoms with Crippen molar-refractivity contribution in [2.24, 2.45) is 0 Å². The van der Waals surface area contributed by atoms with Crippen molar-refractivity contribution in [1.82, 2.24) is 5.32 Å². The second-order valence-electron chi connectivity index (χ2n) is 7.61. The van der Waals surface area contributed by atoms with Crippen molar-refractivity contribution in [3.63, 3.8) is 0 Å². The number of amides is 1. The maximum Gasteiger partial charge on any atom is 0.338 e. The van der Waals surface area contributed by atoms with Crippen molar-refractivity contribution in [2.45, 2.75) is 76.6 Å². The summed E-state index contributed by atoms with van der Waals surface area (Å²) >= 11 is 1.56. The van der Waals surface area contributed by atoms with E-state index in [2.05, 4.69) is 12.2 Å². The molecule has 0 radical (unpaired) electrons. The zero-order chi connectivity index (χ0) is 22.6. The van der Waals surface area contributed by atoms with E-state index in [4.69, 9.17) is 14.2 Å². The molecule has 1 aromatic carbocycles. The Balaban J connectivity index is 2.14. The van der Waals surface area contributed by atoms with Gasteiger partial charge in [0.05, 0.1) is 11.7 Å². The molecule has 0 aliphatic carbocycles. The number of rotatable bonds is 11. The summed E-state index contributed by atoms with van der Waals surface area (Å²) in [4.78, 5) is 35.8. The van der Waals surface area contributed by atoms with Crippen LogP contribution in [0.25, 0.3) is 0 Å². The number of hydrogen-bond donors (Lipinski definition) is 1. The van der Waals surface area contributed by atoms with E-state index in [9.17, 15) is 14.4 Å². The number of hydrogen-bond acceptors (Lipinski definition) is 7. The quantitative estimate of drug-likeness (QED) is 0.405. The number of esters is 2. The standard InChI is InChI=1S/C23H33NO6S/c1-4-5-6-10-13-31-23-21(30-22(27)18-11-8-7-9-12-18)20(28-17(3)26)14-19(29-23)15-24-16(2)25/h7-9,11-12,19-21,23H,4-6,10,13-15H2,1-3H3,(H,24,25). The van der Waals surface area contributed by atoms with E-state index in [0.29, 0.717) is 18.5 Å². The highest BCUT2D eigenvalue weighted by molar-refractivity contribution is 7.99. The maximum absolute atomic E-state index is 12.7. The van der Waals surface area contributed by atoms with Gasteiger partial charge in [-0.2, -0.15) is 0 Å². The summed E-state index contributed by atoms with van der Waals surface area (Å²) in [5.41, 5.74) is -0.0673. The molecular weight excluding hydrogens is 418 g/mol. The Labute approximate surface area is 188 Å². The molecule has 2 rings (SSSR count). The number of ether oxygens (including phenoxy) is 3. The third kappa shape index (κ3) is 8.91. The summed E-state index contributed by atoms with van der Waals surface area (Å²) in [5, 5.41) is 2.75. The molecule has 1 amide bonds. The van der Waals surface area contributed by atoms with E-state index in [0.717, 1.165) is 25.0 Å². The molecule has 0 saturated carbocycles. The largest absolute Gasteiger partial charge is 0.458 e. The van der Waals surface area contributed by atoms with Gasteiger partial charge in [-0.1, -0.05) is 44.4 Å². The second-order valence-corrected chi connectivity index (χ2v) is 8.82. The van der Waals surface area contributed by atoms with Crippen LogP contribution < -0.4 is 5.32 Å². The van der Waals surface area contributed by atoms with Crippen LogP contribution in [0.1, 0.15) is 63.2 Å². The van der Waals surface area contributed by atoms with Gasteiger partial charge in [-0.05, 0) is 24.3 Å². The van der Waals surface area contributed by atoms with E-state index >= 15 is 0 Å². The molecular formula is C23H33NO6S. The normalized spacial score (nSPS) is 23.1. The predicted octanol–water partition coefficient (Wildman–Crippen LogP) is 3.71. The van der Waals surface area contributed by atoms with Crippen LogP contribution in [0.4, 0.5) is 0 Å². The Kier molecular flexibility index (Phi) is 10.9. The lowest BCUT2D eigenvalue weighted by atomic mass is 10.0. The van der Waals surface area contributed by atoms with Crippen molar-refractivity contribution >= 4 is 29.6 Å². The molecule has 8 heteroatoms. The molecule has 172 valence electrons. The summed E-state index contributed by atoms with van der Waals surface area (Å²) in [7, 11) is 0. The fourth-order valence-electron chi connectivity index (χ4n) is 3.37. The van der Waals surface area contributed by atoms with Crippen LogP contribution in [-0.4, -0.2) is 53.9 Å². The summed E-state index contributed by atoms with van der Waals surface area (Å²) in [5.74, 6) is -0.251. The molecule has 0 aromatic heterocycles. The fourth-order valence-corrected chi connectivity index (χ4v) is 4.63. The van der Waals surface area contributed by atoms with Gasteiger partial charge in [0, 0.05) is 26.8 Å². The zero-order valence-electron chi connectivity index (χ0n) is 18.5. The molecule has 4 unspecified atom stereocenters. The average molecular weight is 452 g/mol. The van der Waals surface area contributed by atoms with Crippen LogP contribution in [0.2, 0.25) is 0 Å². The first kappa shape index (κ1) is 25.2. The van der Waals surface area contributed by atoms with E-state index < -0.39 is 29.6 Å². The molecule has 1 aliphatic heterocycles. The predicted molar refractivity (Wildman–Crippen MR) is 120 cm³/mol. The van der Waals surface area contributed by atoms with Crippen molar-refractivity contribution < 1.29 is 28.6 Å². The first-order valence-corrected chi connectivity index (χ1v) is 11.9. The Morgan fingerprint density at radius 1 is 1.10 bits per heavy atom. The van der Waals surface area contributed by atoms with Crippen LogP contribution in [-0.2, 0) is 23.8 Å². The second kappa shape index (κ2) is 13.4. The molecule has 4 atom stereocenters. The van der Waals surface area contributed by atoms with Crippen molar-refractivity contribution in [3.8, 4) is 0 Å². The summed E-state index contributed by atoms with van der Waals surface area (Å²) < 4.78 is 17.5. The molecule has 31 heavy (non-hydrogen) atoms. The number of carbonyl (C=O) groups is 3. The van der Waals surface area contributed by atoms with Crippen molar-refractivity contribution in [1.29, 1.82) is 0 Å². The lowest BCUT2D eigenvalue weighted by Crippen LogP contribution is -2.53. The zero-order valence-corrected chi connectivity index (χ0v) is 19.3. The summed E-state index contributed by atoms with van der Waals surface area (Å²) in [6.07, 6.45) is 3.06. The lowest BCUT2D eigenvalue weighted by molar-refractivity contribution is -0.176. The van der Waals surface area contributed by atoms with Gasteiger partial charge in [0.25, 0.3) is 0 Å². The smallest absolute Gasteiger partial charge is 0.338 e. The first-order valence-electron chi connectivity index (χ1n) is 10.9. The highest BCUT2D eigenvalue weighted by Crippen LogP contribution is 2.33. The van der Waals surface area contributed by atoms with Gasteiger partial charge in [-0.15, -0.1) is 11.8 Å². The van der Waals surface area contributed by atoms with Gasteiger partial charge in [-0.25, -0.2) is 4.79 Å². The molecule has 1 fully saturated rings. The van der Waals surface area contributed by atoms with E-state index in [-0.39, 0.29) is 12.0 Å². The Morgan fingerprint density at radius 3 is 2.48 bits per heavy atom. The van der Waals surface area contributed by atoms with Gasteiger partial charge < -0.3 is 19.5 Å². The third-order valence-electron chi connectivity index (χ3n) is 4.89. The third-order valence-corrected chi connectivity index (χ3v) is 6.12. The van der Waals surface area contributed by atoms with Crippen LogP contribution >= 0.6 is 11.8 Å². The monoisotopic (exact) mass is 451 g/mol. The van der Waals surface area contributed by atoms with Crippen LogP contribution in [0, 0.1) is 0 Å². The molecule has 0 spiro atoms. The SMILES string of the molecule is CCCCCCSC1OC(CNC(C)=O)CC(OC(C)=O)C1OC(=O)c1ccccc1. The highest BCUT2D eigenvalue weighted by atomic mass is 32.2. The number of unbranched alkanes of at least 4 members (excludes halogenated alkanes) is 3. The summed E-state index contributed by atoms with van der Waals surface area (Å²) in [6, 6.07) is 8.71. The van der Waals surface area contributed by atoms with Crippen LogP contribution in [0.5, 0.6) is 0 Å². The molecule has 1 aromatic rings. The van der Waals surface area contributed by atoms with E-state index in [1.807, 2.05) is 6.07 Å². The fraction of sp³-hybridized carbons (Fsp3) is 0.609. The number of thioether (sulfide) groups is 1. The molecule has 1 heterocycles. The van der Waals surface area contributed by atoms with Gasteiger partial charge in [0.15, 0.2) is 6.10 Å². The van der Waals surface area contributed by atoms with Gasteiger partial charge in [0.2, 0.25) is 5.91 Å². The minimum atomic E-state index is -0.735.